The number of H-pyrrole nitrogens is 1. The summed E-state index contributed by atoms with van der Waals surface area (Å²) < 4.78 is 0. The second-order valence-corrected chi connectivity index (χ2v) is 5.32. The molecule has 0 unspecified atom stereocenters. The smallest absolute Gasteiger partial charge is 0.111 e. The first-order valence-corrected chi connectivity index (χ1v) is 6.02. The number of hydrogen-bond donors (Lipinski definition) is 1. The first kappa shape index (κ1) is 11.8. The topological polar surface area (TPSA) is 41.6 Å². The number of pyridine rings is 1. The molecule has 3 heteroatoms. The van der Waals surface area contributed by atoms with Crippen molar-refractivity contribution in [2.45, 2.75) is 39.5 Å². The third-order valence-corrected chi connectivity index (χ3v) is 2.88. The van der Waals surface area contributed by atoms with Gasteiger partial charge in [-0.25, -0.2) is 0 Å². The van der Waals surface area contributed by atoms with E-state index in [2.05, 4.69) is 55.0 Å². The molecule has 0 spiro atoms. The zero-order valence-corrected chi connectivity index (χ0v) is 10.9. The molecule has 17 heavy (non-hydrogen) atoms. The van der Waals surface area contributed by atoms with E-state index in [9.17, 15) is 0 Å². The number of aromatic amines is 1. The van der Waals surface area contributed by atoms with Crippen LogP contribution in [0.15, 0.2) is 24.4 Å². The highest BCUT2D eigenvalue weighted by atomic mass is 15.1. The first-order valence-electron chi connectivity index (χ1n) is 6.02. The minimum absolute atomic E-state index is 0.0919. The van der Waals surface area contributed by atoms with Gasteiger partial charge in [-0.3, -0.25) is 10.1 Å². The van der Waals surface area contributed by atoms with Crippen LogP contribution in [0.4, 0.5) is 0 Å². The molecule has 0 bridgehead atoms. The molecule has 0 aromatic carbocycles. The molecule has 90 valence electrons. The van der Waals surface area contributed by atoms with E-state index < -0.39 is 0 Å². The van der Waals surface area contributed by atoms with Crippen LogP contribution in [0.3, 0.4) is 0 Å². The van der Waals surface area contributed by atoms with Crippen LogP contribution in [-0.4, -0.2) is 15.2 Å². The monoisotopic (exact) mass is 229 g/mol. The molecular weight excluding hydrogens is 210 g/mol. The van der Waals surface area contributed by atoms with Gasteiger partial charge in [0.1, 0.15) is 5.69 Å². The van der Waals surface area contributed by atoms with Crippen molar-refractivity contribution in [2.24, 2.45) is 0 Å². The maximum atomic E-state index is 4.43. The van der Waals surface area contributed by atoms with Gasteiger partial charge >= 0.3 is 0 Å². The van der Waals surface area contributed by atoms with E-state index in [-0.39, 0.29) is 5.41 Å². The average Bonchev–Trinajstić information content (AvgIpc) is 2.78. The average molecular weight is 229 g/mol. The molecule has 2 aromatic heterocycles. The fourth-order valence-electron chi connectivity index (χ4n) is 1.62. The lowest BCUT2D eigenvalue weighted by atomic mass is 9.92. The largest absolute Gasteiger partial charge is 0.281 e. The summed E-state index contributed by atoms with van der Waals surface area (Å²) in [6, 6.07) is 6.21. The van der Waals surface area contributed by atoms with Crippen LogP contribution >= 0.6 is 0 Å². The van der Waals surface area contributed by atoms with Gasteiger partial charge in [-0.05, 0) is 24.1 Å². The molecule has 0 aliphatic carbocycles. The third kappa shape index (κ3) is 2.54. The highest BCUT2D eigenvalue weighted by molar-refractivity contribution is 5.54. The maximum Gasteiger partial charge on any atom is 0.111 e. The summed E-state index contributed by atoms with van der Waals surface area (Å²) in [5.74, 6) is 0. The zero-order valence-electron chi connectivity index (χ0n) is 10.9. The summed E-state index contributed by atoms with van der Waals surface area (Å²) in [5.41, 5.74) is 4.31. The Morgan fingerprint density at radius 3 is 2.41 bits per heavy atom. The molecule has 2 aromatic rings. The molecule has 3 nitrogen and oxygen atoms in total. The van der Waals surface area contributed by atoms with E-state index in [1.54, 1.807) is 0 Å². The van der Waals surface area contributed by atoms with Gasteiger partial charge in [0.2, 0.25) is 0 Å². The van der Waals surface area contributed by atoms with Crippen LogP contribution in [0.25, 0.3) is 11.4 Å². The summed E-state index contributed by atoms with van der Waals surface area (Å²) in [6.07, 6.45) is 2.93. The van der Waals surface area contributed by atoms with Crippen molar-refractivity contribution >= 4 is 0 Å². The molecular formula is C14H19N3. The molecule has 1 N–H and O–H groups in total. The molecule has 2 rings (SSSR count). The van der Waals surface area contributed by atoms with Crippen molar-refractivity contribution in [3.63, 3.8) is 0 Å². The van der Waals surface area contributed by atoms with Crippen LogP contribution in [0.2, 0.25) is 0 Å². The van der Waals surface area contributed by atoms with Crippen LogP contribution in [-0.2, 0) is 11.8 Å². The fraction of sp³-hybridized carbons (Fsp3) is 0.429. The molecule has 0 radical (unpaired) electrons. The summed E-state index contributed by atoms with van der Waals surface area (Å²) >= 11 is 0. The Morgan fingerprint density at radius 1 is 1.18 bits per heavy atom. The Balaban J connectivity index is 2.30. The lowest BCUT2D eigenvalue weighted by Gasteiger charge is -2.14. The molecule has 0 saturated heterocycles. The molecule has 2 heterocycles. The van der Waals surface area contributed by atoms with Gasteiger partial charge in [0.25, 0.3) is 0 Å². The van der Waals surface area contributed by atoms with Crippen molar-refractivity contribution in [2.75, 3.05) is 0 Å². The highest BCUT2D eigenvalue weighted by Crippen LogP contribution is 2.24. The standard InChI is InChI=1S/C14H19N3/c1-5-10-6-7-11(15-9-10)12-8-13(17-16-12)14(2,3)4/h6-9H,5H2,1-4H3,(H,16,17). The van der Waals surface area contributed by atoms with Gasteiger partial charge in [-0.2, -0.15) is 5.10 Å². The number of nitrogens with zero attached hydrogens (tertiary/aromatic N) is 2. The molecule has 0 atom stereocenters. The molecule has 0 saturated carbocycles. The fourth-order valence-corrected chi connectivity index (χ4v) is 1.62. The number of aromatic nitrogens is 3. The Morgan fingerprint density at radius 2 is 1.94 bits per heavy atom. The maximum absolute atomic E-state index is 4.43. The number of rotatable bonds is 2. The minimum Gasteiger partial charge on any atom is -0.281 e. The van der Waals surface area contributed by atoms with E-state index in [4.69, 9.17) is 0 Å². The lowest BCUT2D eigenvalue weighted by Crippen LogP contribution is -2.11. The summed E-state index contributed by atoms with van der Waals surface area (Å²) in [6.45, 7) is 8.62. The van der Waals surface area contributed by atoms with E-state index in [0.29, 0.717) is 0 Å². The first-order chi connectivity index (χ1) is 8.00. The highest BCUT2D eigenvalue weighted by Gasteiger charge is 2.17. The van der Waals surface area contributed by atoms with Gasteiger partial charge in [-0.1, -0.05) is 33.8 Å². The Hall–Kier alpha value is -1.64. The summed E-state index contributed by atoms with van der Waals surface area (Å²) in [7, 11) is 0. The van der Waals surface area contributed by atoms with Crippen molar-refractivity contribution in [3.05, 3.63) is 35.7 Å². The molecule has 0 amide bonds. The van der Waals surface area contributed by atoms with Crippen molar-refractivity contribution < 1.29 is 0 Å². The Kier molecular flexibility index (Phi) is 3.01. The van der Waals surface area contributed by atoms with Crippen molar-refractivity contribution in [1.29, 1.82) is 0 Å². The quantitative estimate of drug-likeness (QED) is 0.858. The van der Waals surface area contributed by atoms with Gasteiger partial charge in [0.15, 0.2) is 0 Å². The van der Waals surface area contributed by atoms with Crippen LogP contribution in [0.5, 0.6) is 0 Å². The van der Waals surface area contributed by atoms with Gasteiger partial charge in [0.05, 0.1) is 5.69 Å². The molecule has 0 aliphatic rings. The van der Waals surface area contributed by atoms with E-state index in [0.717, 1.165) is 23.5 Å². The van der Waals surface area contributed by atoms with Crippen LogP contribution < -0.4 is 0 Å². The predicted molar refractivity (Wildman–Crippen MR) is 69.9 cm³/mol. The van der Waals surface area contributed by atoms with Crippen molar-refractivity contribution in [1.82, 2.24) is 15.2 Å². The van der Waals surface area contributed by atoms with Crippen LogP contribution in [0, 0.1) is 0 Å². The Bertz CT molecular complexity index is 489. The minimum atomic E-state index is 0.0919. The number of aryl methyl sites for hydroxylation is 1. The lowest BCUT2D eigenvalue weighted by molar-refractivity contribution is 0.567. The van der Waals surface area contributed by atoms with Gasteiger partial charge in [-0.15, -0.1) is 0 Å². The predicted octanol–water partition coefficient (Wildman–Crippen LogP) is 3.33. The Labute approximate surface area is 102 Å². The van der Waals surface area contributed by atoms with Crippen molar-refractivity contribution in [3.8, 4) is 11.4 Å². The van der Waals surface area contributed by atoms with E-state index in [1.807, 2.05) is 12.3 Å². The second kappa shape index (κ2) is 4.32. The summed E-state index contributed by atoms with van der Waals surface area (Å²) in [5, 5.41) is 7.40. The van der Waals surface area contributed by atoms with Crippen LogP contribution in [0.1, 0.15) is 39.0 Å². The number of nitrogens with one attached hydrogen (secondary N) is 1. The van der Waals surface area contributed by atoms with Gasteiger partial charge < -0.3 is 0 Å². The second-order valence-electron chi connectivity index (χ2n) is 5.32. The SMILES string of the molecule is CCc1ccc(-c2cc(C(C)(C)C)[nH]n2)nc1. The molecule has 0 fully saturated rings. The van der Waals surface area contributed by atoms with E-state index in [1.165, 1.54) is 5.56 Å². The third-order valence-electron chi connectivity index (χ3n) is 2.88. The van der Waals surface area contributed by atoms with E-state index >= 15 is 0 Å². The number of hydrogen-bond acceptors (Lipinski definition) is 2. The summed E-state index contributed by atoms with van der Waals surface area (Å²) in [4.78, 5) is 4.43. The molecule has 0 aliphatic heterocycles. The zero-order chi connectivity index (χ0) is 12.5. The normalized spacial score (nSPS) is 11.8. The van der Waals surface area contributed by atoms with Gasteiger partial charge in [0, 0.05) is 17.3 Å².